The van der Waals surface area contributed by atoms with E-state index in [2.05, 4.69) is 82.1 Å². The SMILES string of the molecule is C[C@@H]1C[C@@H](C(=O)NCc2ccc(C3CC3)cc2)N(C(=O)[C@@H](NC(=O)COCCN2CCN(c3ccc(C(=O)N[C@H]4C(C)(C)[C@H](Oc5ccc(C#N)c(Cl)c5)C4(C)C)cn3)CC2)C(C)(C)C)N1. The number of carbonyl (C=O) groups is 4. The number of piperazine rings is 1. The Hall–Kier alpha value is -5.27. The van der Waals surface area contributed by atoms with Gasteiger partial charge in [0.1, 0.15) is 42.4 Å². The molecule has 354 valence electrons. The zero-order valence-corrected chi connectivity index (χ0v) is 40.3. The number of amides is 4. The number of anilines is 1. The van der Waals surface area contributed by atoms with E-state index in [-0.39, 0.29) is 53.3 Å². The molecule has 2 aromatic carbocycles. The van der Waals surface area contributed by atoms with Crippen LogP contribution in [-0.2, 0) is 25.7 Å². The number of hydrazine groups is 1. The lowest BCUT2D eigenvalue weighted by Gasteiger charge is -2.63. The summed E-state index contributed by atoms with van der Waals surface area (Å²) in [6.45, 7) is 20.0. The van der Waals surface area contributed by atoms with E-state index in [4.69, 9.17) is 21.1 Å². The van der Waals surface area contributed by atoms with Crippen LogP contribution in [0.2, 0.25) is 5.02 Å². The van der Waals surface area contributed by atoms with Crippen molar-refractivity contribution in [3.8, 4) is 11.8 Å². The maximum Gasteiger partial charge on any atom is 0.260 e. The van der Waals surface area contributed by atoms with E-state index in [0.29, 0.717) is 53.9 Å². The second kappa shape index (κ2) is 19.9. The number of rotatable bonds is 16. The minimum absolute atomic E-state index is 0.0987. The molecule has 4 fully saturated rings. The van der Waals surface area contributed by atoms with E-state index >= 15 is 0 Å². The Morgan fingerprint density at radius 3 is 2.29 bits per heavy atom. The first-order valence-electron chi connectivity index (χ1n) is 23.2. The van der Waals surface area contributed by atoms with Crippen molar-refractivity contribution in [1.29, 1.82) is 5.26 Å². The molecule has 3 aromatic rings. The Labute approximate surface area is 394 Å². The van der Waals surface area contributed by atoms with Gasteiger partial charge in [0.05, 0.1) is 22.8 Å². The summed E-state index contributed by atoms with van der Waals surface area (Å²) < 4.78 is 12.2. The number of carbonyl (C=O) groups excluding carboxylic acids is 4. The highest BCUT2D eigenvalue weighted by molar-refractivity contribution is 6.31. The summed E-state index contributed by atoms with van der Waals surface area (Å²) in [4.78, 5) is 63.2. The fourth-order valence-corrected chi connectivity index (χ4v) is 10.2. The lowest BCUT2D eigenvalue weighted by Crippen LogP contribution is -2.74. The number of halogens is 1. The van der Waals surface area contributed by atoms with Crippen molar-refractivity contribution in [2.45, 2.75) is 117 Å². The molecule has 2 aliphatic carbocycles. The van der Waals surface area contributed by atoms with Crippen molar-refractivity contribution in [2.24, 2.45) is 16.2 Å². The van der Waals surface area contributed by atoms with Gasteiger partial charge in [-0.3, -0.25) is 29.1 Å². The van der Waals surface area contributed by atoms with Crippen LogP contribution in [0.3, 0.4) is 0 Å². The first-order chi connectivity index (χ1) is 31.3. The molecule has 4 aliphatic rings. The van der Waals surface area contributed by atoms with Crippen LogP contribution in [0.1, 0.15) is 108 Å². The summed E-state index contributed by atoms with van der Waals surface area (Å²) in [5.74, 6) is 0.829. The summed E-state index contributed by atoms with van der Waals surface area (Å²) in [6.07, 6.45) is 4.33. The van der Waals surface area contributed by atoms with Crippen molar-refractivity contribution in [2.75, 3.05) is 50.8 Å². The third kappa shape index (κ3) is 11.1. The zero-order chi connectivity index (χ0) is 47.6. The molecule has 0 radical (unpaired) electrons. The summed E-state index contributed by atoms with van der Waals surface area (Å²) in [6, 6.07) is 17.3. The van der Waals surface area contributed by atoms with Gasteiger partial charge in [-0.1, -0.05) is 84.3 Å². The standard InChI is InChI=1S/C50H66ClN9O6/c1-31-25-39(44(63)54-28-32-9-11-33(12-10-32)34-13-14-34)60(57-31)45(64)42(48(2,3)4)55-41(61)30-65-24-23-58-19-21-59(22-20-58)40-18-16-36(29-53-40)43(62)56-46-49(5,6)47(50(46,7)8)66-37-17-15-35(27-52)38(51)26-37/h9-12,15-18,26,29,31,34,39,42,46-47,57H,13-14,19-25,28,30H2,1-8H3,(H,54,63)(H,55,61)(H,56,62)/t31-,39+,42-,46-,47-/m1/s1. The first-order valence-corrected chi connectivity index (χ1v) is 23.6. The molecule has 4 amide bonds. The third-order valence-corrected chi connectivity index (χ3v) is 13.9. The van der Waals surface area contributed by atoms with Crippen LogP contribution in [0, 0.1) is 27.6 Å². The number of ether oxygens (including phenoxy) is 2. The minimum atomic E-state index is -0.889. The first kappa shape index (κ1) is 48.7. The number of benzene rings is 2. The van der Waals surface area contributed by atoms with Gasteiger partial charge in [0.2, 0.25) is 11.8 Å². The monoisotopic (exact) mass is 923 g/mol. The summed E-state index contributed by atoms with van der Waals surface area (Å²) in [7, 11) is 0. The Morgan fingerprint density at radius 1 is 0.985 bits per heavy atom. The van der Waals surface area contributed by atoms with Gasteiger partial charge in [0.25, 0.3) is 11.8 Å². The van der Waals surface area contributed by atoms with E-state index in [0.717, 1.165) is 37.6 Å². The van der Waals surface area contributed by atoms with E-state index in [9.17, 15) is 24.4 Å². The predicted octanol–water partition coefficient (Wildman–Crippen LogP) is 5.58. The fraction of sp³-hybridized carbons (Fsp3) is 0.560. The van der Waals surface area contributed by atoms with Crippen molar-refractivity contribution >= 4 is 41.0 Å². The molecule has 15 nitrogen and oxygen atoms in total. The third-order valence-electron chi connectivity index (χ3n) is 13.6. The topological polar surface area (TPSA) is 181 Å². The van der Waals surface area contributed by atoms with Crippen LogP contribution in [0.25, 0.3) is 0 Å². The number of nitriles is 1. The van der Waals surface area contributed by atoms with Crippen LogP contribution in [0.15, 0.2) is 60.8 Å². The lowest BCUT2D eigenvalue weighted by molar-refractivity contribution is -0.164. The van der Waals surface area contributed by atoms with Crippen LogP contribution in [-0.4, -0.2) is 115 Å². The van der Waals surface area contributed by atoms with Crippen LogP contribution in [0.5, 0.6) is 5.75 Å². The van der Waals surface area contributed by atoms with Crippen molar-refractivity contribution in [1.82, 2.24) is 36.3 Å². The highest BCUT2D eigenvalue weighted by Gasteiger charge is 2.64. The normalized spacial score (nSPS) is 23.0. The van der Waals surface area contributed by atoms with Crippen molar-refractivity contribution in [3.63, 3.8) is 0 Å². The fourth-order valence-electron chi connectivity index (χ4n) is 9.96. The second-order valence-corrected chi connectivity index (χ2v) is 21.1. The average Bonchev–Trinajstić information content (AvgIpc) is 4.07. The molecule has 2 saturated heterocycles. The molecule has 0 bridgehead atoms. The van der Waals surface area contributed by atoms with Gasteiger partial charge in [-0.25, -0.2) is 10.4 Å². The highest BCUT2D eigenvalue weighted by Crippen LogP contribution is 2.55. The molecule has 0 unspecified atom stereocenters. The lowest BCUT2D eigenvalue weighted by atomic mass is 9.49. The maximum atomic E-state index is 14.0. The van der Waals surface area contributed by atoms with Crippen molar-refractivity contribution < 1.29 is 28.7 Å². The van der Waals surface area contributed by atoms with Crippen LogP contribution < -0.4 is 31.0 Å². The van der Waals surface area contributed by atoms with Crippen LogP contribution >= 0.6 is 11.6 Å². The molecule has 66 heavy (non-hydrogen) atoms. The largest absolute Gasteiger partial charge is 0.489 e. The molecular formula is C50H66ClN9O6. The molecule has 2 aliphatic heterocycles. The molecule has 3 heterocycles. The van der Waals surface area contributed by atoms with Gasteiger partial charge in [-0.2, -0.15) is 5.26 Å². The number of hydrogen-bond donors (Lipinski definition) is 4. The molecule has 0 spiro atoms. The molecule has 1 aromatic heterocycles. The number of nitrogens with one attached hydrogen (secondary N) is 4. The summed E-state index contributed by atoms with van der Waals surface area (Å²) in [5, 5.41) is 20.1. The highest BCUT2D eigenvalue weighted by atomic mass is 35.5. The molecular weight excluding hydrogens is 858 g/mol. The Balaban J connectivity index is 0.820. The van der Waals surface area contributed by atoms with Crippen LogP contribution in [0.4, 0.5) is 5.82 Å². The Bertz CT molecular complexity index is 2260. The average molecular weight is 925 g/mol. The number of aromatic nitrogens is 1. The van der Waals surface area contributed by atoms with E-state index in [1.165, 1.54) is 23.4 Å². The maximum absolute atomic E-state index is 14.0. The molecule has 3 atom stereocenters. The Kier molecular flexibility index (Phi) is 14.7. The minimum Gasteiger partial charge on any atom is -0.489 e. The van der Waals surface area contributed by atoms with E-state index in [1.807, 2.05) is 45.9 Å². The number of pyridine rings is 1. The van der Waals surface area contributed by atoms with Gasteiger partial charge in [-0.15, -0.1) is 0 Å². The van der Waals surface area contributed by atoms with Gasteiger partial charge >= 0.3 is 0 Å². The summed E-state index contributed by atoms with van der Waals surface area (Å²) in [5.41, 5.74) is 4.95. The number of nitrogens with zero attached hydrogens (tertiary/aromatic N) is 5. The van der Waals surface area contributed by atoms with Gasteiger partial charge in [0, 0.05) is 74.4 Å². The Morgan fingerprint density at radius 2 is 1.68 bits per heavy atom. The number of hydrogen-bond acceptors (Lipinski definition) is 11. The van der Waals surface area contributed by atoms with Crippen molar-refractivity contribution in [3.05, 3.63) is 88.1 Å². The van der Waals surface area contributed by atoms with Gasteiger partial charge in [0.15, 0.2) is 0 Å². The van der Waals surface area contributed by atoms with Gasteiger partial charge < -0.3 is 30.3 Å². The quantitative estimate of drug-likeness (QED) is 0.132. The zero-order valence-electron chi connectivity index (χ0n) is 39.6. The smallest absolute Gasteiger partial charge is 0.260 e. The van der Waals surface area contributed by atoms with E-state index < -0.39 is 23.4 Å². The molecule has 7 rings (SSSR count). The summed E-state index contributed by atoms with van der Waals surface area (Å²) >= 11 is 6.25. The second-order valence-electron chi connectivity index (χ2n) is 20.7. The van der Waals surface area contributed by atoms with Gasteiger partial charge in [-0.05, 0) is 72.9 Å². The molecule has 4 N–H and O–H groups in total. The predicted molar refractivity (Wildman–Crippen MR) is 253 cm³/mol. The van der Waals surface area contributed by atoms with E-state index in [1.54, 1.807) is 30.5 Å². The molecule has 16 heteroatoms. The molecule has 2 saturated carbocycles.